The minimum absolute atomic E-state index is 0.162. The second-order valence-electron chi connectivity index (χ2n) is 7.48. The van der Waals surface area contributed by atoms with E-state index in [1.54, 1.807) is 24.3 Å². The number of ketones is 1. The summed E-state index contributed by atoms with van der Waals surface area (Å²) in [6, 6.07) is 25.7. The van der Waals surface area contributed by atoms with Crippen LogP contribution in [0.3, 0.4) is 0 Å². The molecule has 3 aromatic carbocycles. The number of para-hydroxylation sites is 1. The lowest BCUT2D eigenvalue weighted by Crippen LogP contribution is -2.39. The predicted octanol–water partition coefficient (Wildman–Crippen LogP) is 5.73. The van der Waals surface area contributed by atoms with Gasteiger partial charge in [-0.2, -0.15) is 10.1 Å². The van der Waals surface area contributed by atoms with Crippen LogP contribution in [-0.2, 0) is 11.2 Å². The fourth-order valence-electron chi connectivity index (χ4n) is 3.71. The van der Waals surface area contributed by atoms with Crippen LogP contribution in [0.5, 0.6) is 0 Å². The molecule has 0 spiro atoms. The topological polar surface area (TPSA) is 49.7 Å². The number of allylic oxidation sites excluding steroid dienone is 1. The van der Waals surface area contributed by atoms with Crippen molar-refractivity contribution in [3.05, 3.63) is 113 Å². The fourth-order valence-corrected chi connectivity index (χ4v) is 3.93. The van der Waals surface area contributed by atoms with Gasteiger partial charge in [-0.05, 0) is 49.2 Å². The summed E-state index contributed by atoms with van der Waals surface area (Å²) < 4.78 is 0. The molecule has 0 fully saturated rings. The maximum atomic E-state index is 13.7. The lowest BCUT2D eigenvalue weighted by atomic mass is 9.77. The largest absolute Gasteiger partial charge is 0.289 e. The number of hydrogen-bond donors (Lipinski definition) is 0. The maximum absolute atomic E-state index is 13.7. The maximum Gasteiger partial charge on any atom is 0.263 e. The Bertz CT molecular complexity index is 1170. The zero-order valence-electron chi connectivity index (χ0n) is 17.0. The molecule has 4 nitrogen and oxygen atoms in total. The van der Waals surface area contributed by atoms with Gasteiger partial charge in [-0.25, -0.2) is 0 Å². The quantitative estimate of drug-likeness (QED) is 0.372. The molecule has 0 radical (unpaired) electrons. The van der Waals surface area contributed by atoms with E-state index in [0.29, 0.717) is 28.4 Å². The molecule has 1 aliphatic rings. The number of carbonyl (C=O) groups excluding carboxylic acids is 2. The Balaban J connectivity index is 1.74. The molecule has 1 atom stereocenters. The van der Waals surface area contributed by atoms with E-state index in [1.807, 2.05) is 73.7 Å². The van der Waals surface area contributed by atoms with Crippen LogP contribution < -0.4 is 5.01 Å². The van der Waals surface area contributed by atoms with Gasteiger partial charge >= 0.3 is 0 Å². The lowest BCUT2D eigenvalue weighted by molar-refractivity contribution is -0.122. The summed E-state index contributed by atoms with van der Waals surface area (Å²) in [5.74, 6) is -0.363. The summed E-state index contributed by atoms with van der Waals surface area (Å²) in [4.78, 5) is 26.4. The van der Waals surface area contributed by atoms with Gasteiger partial charge in [0.25, 0.3) is 5.91 Å². The molecule has 5 heteroatoms. The number of anilines is 1. The number of carbonyl (C=O) groups is 2. The van der Waals surface area contributed by atoms with Crippen molar-refractivity contribution in [1.82, 2.24) is 0 Å². The van der Waals surface area contributed by atoms with Gasteiger partial charge in [0, 0.05) is 10.6 Å². The average molecular weight is 429 g/mol. The molecule has 0 saturated carbocycles. The average Bonchev–Trinajstić information content (AvgIpc) is 3.04. The van der Waals surface area contributed by atoms with Gasteiger partial charge in [-0.15, -0.1) is 0 Å². The van der Waals surface area contributed by atoms with Crippen LogP contribution >= 0.6 is 11.6 Å². The molecule has 31 heavy (non-hydrogen) atoms. The Labute approximate surface area is 186 Å². The Hall–Kier alpha value is -3.50. The van der Waals surface area contributed by atoms with Crippen molar-refractivity contribution in [2.45, 2.75) is 13.3 Å². The normalized spacial score (nSPS) is 18.5. The zero-order valence-corrected chi connectivity index (χ0v) is 17.8. The molecule has 0 unspecified atom stereocenters. The second kappa shape index (κ2) is 8.70. The van der Waals surface area contributed by atoms with Crippen LogP contribution in [0.15, 0.2) is 102 Å². The number of rotatable bonds is 6. The van der Waals surface area contributed by atoms with Crippen molar-refractivity contribution >= 4 is 34.7 Å². The van der Waals surface area contributed by atoms with Crippen molar-refractivity contribution in [3.63, 3.8) is 0 Å². The molecule has 0 aromatic heterocycles. The second-order valence-corrected chi connectivity index (χ2v) is 7.92. The van der Waals surface area contributed by atoms with E-state index in [9.17, 15) is 9.59 Å². The Morgan fingerprint density at radius 1 is 1.00 bits per heavy atom. The molecule has 3 aromatic rings. The van der Waals surface area contributed by atoms with Gasteiger partial charge in [0.1, 0.15) is 5.41 Å². The minimum atomic E-state index is -1.08. The molecule has 0 bridgehead atoms. The third-order valence-electron chi connectivity index (χ3n) is 5.42. The first-order chi connectivity index (χ1) is 15.0. The van der Waals surface area contributed by atoms with E-state index < -0.39 is 5.41 Å². The van der Waals surface area contributed by atoms with Crippen molar-refractivity contribution in [2.24, 2.45) is 10.5 Å². The summed E-state index contributed by atoms with van der Waals surface area (Å²) in [6.45, 7) is 1.82. The molecule has 0 aliphatic carbocycles. The van der Waals surface area contributed by atoms with Crippen LogP contribution in [-0.4, -0.2) is 17.4 Å². The van der Waals surface area contributed by atoms with Crippen molar-refractivity contribution in [1.29, 1.82) is 0 Å². The van der Waals surface area contributed by atoms with Gasteiger partial charge in [0.15, 0.2) is 5.78 Å². The highest BCUT2D eigenvalue weighted by Crippen LogP contribution is 2.37. The minimum Gasteiger partial charge on any atom is -0.289 e. The molecule has 1 aliphatic heterocycles. The summed E-state index contributed by atoms with van der Waals surface area (Å²) in [6.07, 6.45) is 3.52. The highest BCUT2D eigenvalue weighted by atomic mass is 35.5. The molecular weight excluding hydrogens is 408 g/mol. The van der Waals surface area contributed by atoms with Crippen LogP contribution in [0.2, 0.25) is 5.02 Å². The molecular formula is C26H21ClN2O2. The van der Waals surface area contributed by atoms with E-state index >= 15 is 0 Å². The first kappa shape index (κ1) is 20.8. The first-order valence-electron chi connectivity index (χ1n) is 9.98. The van der Waals surface area contributed by atoms with Gasteiger partial charge in [-0.3, -0.25) is 9.59 Å². The number of halogens is 1. The SMILES string of the molecule is CC1=NN(c2ccccc2)C(=O)[C@@]1(/C=C\C(=O)c1ccccc1)Cc1cccc(Cl)c1. The number of hydrazone groups is 1. The van der Waals surface area contributed by atoms with Crippen LogP contribution in [0, 0.1) is 5.41 Å². The summed E-state index contributed by atoms with van der Waals surface area (Å²) in [5.41, 5.74) is 1.69. The monoisotopic (exact) mass is 428 g/mol. The molecule has 1 amide bonds. The third kappa shape index (κ3) is 4.21. The van der Waals surface area contributed by atoms with Crippen molar-refractivity contribution in [3.8, 4) is 0 Å². The molecule has 0 saturated heterocycles. The molecule has 4 rings (SSSR count). The van der Waals surface area contributed by atoms with Crippen LogP contribution in [0.25, 0.3) is 0 Å². The van der Waals surface area contributed by atoms with E-state index in [1.165, 1.54) is 11.1 Å². The van der Waals surface area contributed by atoms with E-state index in [0.717, 1.165) is 5.56 Å². The van der Waals surface area contributed by atoms with E-state index in [2.05, 4.69) is 5.10 Å². The predicted molar refractivity (Wildman–Crippen MR) is 125 cm³/mol. The lowest BCUT2D eigenvalue weighted by Gasteiger charge is -2.25. The number of amides is 1. The standard InChI is InChI=1S/C26H21ClN2O2/c1-19-26(18-20-9-8-12-22(27)17-20,16-15-24(30)21-10-4-2-5-11-21)25(31)29(28-19)23-13-6-3-7-14-23/h2-17H,18H2,1H3/b16-15-/t26-/m0/s1. The highest BCUT2D eigenvalue weighted by Gasteiger charge is 2.47. The molecule has 0 N–H and O–H groups in total. The number of hydrogen-bond acceptors (Lipinski definition) is 3. The van der Waals surface area contributed by atoms with Gasteiger partial charge in [-0.1, -0.05) is 78.3 Å². The summed E-state index contributed by atoms with van der Waals surface area (Å²) >= 11 is 6.18. The fraction of sp³-hybridized carbons (Fsp3) is 0.115. The van der Waals surface area contributed by atoms with Crippen LogP contribution in [0.4, 0.5) is 5.69 Å². The van der Waals surface area contributed by atoms with Crippen molar-refractivity contribution in [2.75, 3.05) is 5.01 Å². The first-order valence-corrected chi connectivity index (χ1v) is 10.4. The molecule has 1 heterocycles. The highest BCUT2D eigenvalue weighted by molar-refractivity contribution is 6.30. The smallest absolute Gasteiger partial charge is 0.263 e. The number of nitrogens with zero attached hydrogens (tertiary/aromatic N) is 2. The zero-order chi connectivity index (χ0) is 21.8. The molecule has 154 valence electrons. The van der Waals surface area contributed by atoms with Gasteiger partial charge in [0.05, 0.1) is 11.4 Å². The van der Waals surface area contributed by atoms with E-state index in [4.69, 9.17) is 11.6 Å². The number of benzene rings is 3. The van der Waals surface area contributed by atoms with Gasteiger partial charge in [0.2, 0.25) is 0 Å². The summed E-state index contributed by atoms with van der Waals surface area (Å²) in [5, 5.41) is 6.58. The van der Waals surface area contributed by atoms with E-state index in [-0.39, 0.29) is 11.7 Å². The van der Waals surface area contributed by atoms with Crippen LogP contribution in [0.1, 0.15) is 22.8 Å². The summed E-state index contributed by atoms with van der Waals surface area (Å²) in [7, 11) is 0. The van der Waals surface area contributed by atoms with Gasteiger partial charge < -0.3 is 0 Å². The Kier molecular flexibility index (Phi) is 5.83. The van der Waals surface area contributed by atoms with Crippen molar-refractivity contribution < 1.29 is 9.59 Å². The Morgan fingerprint density at radius 2 is 1.68 bits per heavy atom. The third-order valence-corrected chi connectivity index (χ3v) is 5.66. The Morgan fingerprint density at radius 3 is 2.35 bits per heavy atom.